The Balaban J connectivity index is 1.14. The van der Waals surface area contributed by atoms with Gasteiger partial charge < -0.3 is 14.6 Å². The van der Waals surface area contributed by atoms with Crippen LogP contribution in [0.2, 0.25) is 0 Å². The number of carbonyl (C=O) groups is 2. The number of allylic oxidation sites excluding steroid dienone is 1. The molecule has 5 rings (SSSR count). The predicted molar refractivity (Wildman–Crippen MR) is 146 cm³/mol. The predicted octanol–water partition coefficient (Wildman–Crippen LogP) is 6.30. The molecule has 2 aliphatic rings. The lowest BCUT2D eigenvalue weighted by Gasteiger charge is -2.34. The van der Waals surface area contributed by atoms with Gasteiger partial charge in [-0.05, 0) is 88.1 Å². The van der Waals surface area contributed by atoms with E-state index in [1.165, 1.54) is 36.8 Å². The maximum absolute atomic E-state index is 13.2. The van der Waals surface area contributed by atoms with E-state index in [0.29, 0.717) is 41.6 Å². The molecule has 0 spiro atoms. The van der Waals surface area contributed by atoms with Crippen molar-refractivity contribution >= 4 is 22.9 Å². The molecule has 1 atom stereocenters. The lowest BCUT2D eigenvalue weighted by Crippen LogP contribution is -2.42. The van der Waals surface area contributed by atoms with Crippen molar-refractivity contribution in [2.24, 2.45) is 11.8 Å². The van der Waals surface area contributed by atoms with E-state index in [1.54, 1.807) is 0 Å². The second kappa shape index (κ2) is 11.3. The molecule has 0 radical (unpaired) electrons. The fraction of sp³-hybridized carbons (Fsp3) is 0.452. The zero-order valence-electron chi connectivity index (χ0n) is 22.0. The number of benzene rings is 2. The van der Waals surface area contributed by atoms with Crippen molar-refractivity contribution in [3.8, 4) is 11.5 Å². The van der Waals surface area contributed by atoms with Crippen LogP contribution in [0.5, 0.6) is 0 Å². The standard InChI is InChI=1S/C31H37N3O3/c1-21-8-10-25(11-9-21)30-33-27-20-26(12-13-28(27)37-30)31(36)34-18-15-24(16-19-34)22(2)29(35)32-17-14-23-6-4-3-5-7-23/h6,8-13,20,22,24H,3-5,7,14-19H2,1-2H3,(H,32,35). The maximum atomic E-state index is 13.2. The van der Waals surface area contributed by atoms with Crippen molar-refractivity contribution in [3.63, 3.8) is 0 Å². The molecule has 1 aromatic heterocycles. The number of oxazole rings is 1. The molecule has 1 aliphatic heterocycles. The number of aromatic nitrogens is 1. The minimum Gasteiger partial charge on any atom is -0.436 e. The lowest BCUT2D eigenvalue weighted by molar-refractivity contribution is -0.126. The number of hydrogen-bond acceptors (Lipinski definition) is 4. The first kappa shape index (κ1) is 25.2. The molecule has 3 aromatic rings. The van der Waals surface area contributed by atoms with Gasteiger partial charge >= 0.3 is 0 Å². The van der Waals surface area contributed by atoms with Gasteiger partial charge in [0.1, 0.15) is 5.52 Å². The number of likely N-dealkylation sites (tertiary alicyclic amines) is 1. The van der Waals surface area contributed by atoms with Crippen LogP contribution in [0, 0.1) is 18.8 Å². The molecule has 37 heavy (non-hydrogen) atoms. The number of amides is 2. The minimum absolute atomic E-state index is 0.0121. The second-order valence-electron chi connectivity index (χ2n) is 10.6. The third-order valence-electron chi connectivity index (χ3n) is 8.01. The largest absolute Gasteiger partial charge is 0.436 e. The van der Waals surface area contributed by atoms with Crippen molar-refractivity contribution in [1.82, 2.24) is 15.2 Å². The van der Waals surface area contributed by atoms with Gasteiger partial charge in [0.15, 0.2) is 5.58 Å². The molecule has 1 fully saturated rings. The molecule has 2 aromatic carbocycles. The summed E-state index contributed by atoms with van der Waals surface area (Å²) in [4.78, 5) is 32.5. The number of nitrogens with one attached hydrogen (secondary N) is 1. The van der Waals surface area contributed by atoms with Crippen LogP contribution in [0.3, 0.4) is 0 Å². The molecule has 1 N–H and O–H groups in total. The lowest BCUT2D eigenvalue weighted by atomic mass is 9.84. The Hall–Kier alpha value is -3.41. The normalized spacial score (nSPS) is 17.5. The first-order chi connectivity index (χ1) is 18.0. The van der Waals surface area contributed by atoms with Gasteiger partial charge in [0.05, 0.1) is 0 Å². The molecule has 1 aliphatic carbocycles. The van der Waals surface area contributed by atoms with Crippen LogP contribution in [0.15, 0.2) is 58.5 Å². The summed E-state index contributed by atoms with van der Waals surface area (Å²) in [5, 5.41) is 3.14. The van der Waals surface area contributed by atoms with Gasteiger partial charge in [-0.25, -0.2) is 4.98 Å². The summed E-state index contributed by atoms with van der Waals surface area (Å²) in [5.74, 6) is 0.973. The topological polar surface area (TPSA) is 75.4 Å². The van der Waals surface area contributed by atoms with E-state index in [0.717, 1.165) is 31.4 Å². The van der Waals surface area contributed by atoms with Gasteiger partial charge in [-0.3, -0.25) is 9.59 Å². The number of hydrogen-bond donors (Lipinski definition) is 1. The van der Waals surface area contributed by atoms with Crippen LogP contribution in [-0.2, 0) is 4.79 Å². The van der Waals surface area contributed by atoms with Crippen LogP contribution < -0.4 is 5.32 Å². The van der Waals surface area contributed by atoms with Crippen LogP contribution in [-0.4, -0.2) is 41.3 Å². The highest BCUT2D eigenvalue weighted by Crippen LogP contribution is 2.28. The number of piperidine rings is 1. The monoisotopic (exact) mass is 499 g/mol. The van der Waals surface area contributed by atoms with E-state index >= 15 is 0 Å². The molecule has 2 heterocycles. The van der Waals surface area contributed by atoms with Crippen LogP contribution >= 0.6 is 0 Å². The molecular weight excluding hydrogens is 462 g/mol. The van der Waals surface area contributed by atoms with E-state index in [4.69, 9.17) is 4.42 Å². The molecule has 6 nitrogen and oxygen atoms in total. The quantitative estimate of drug-likeness (QED) is 0.387. The zero-order valence-corrected chi connectivity index (χ0v) is 22.0. The summed E-state index contributed by atoms with van der Waals surface area (Å²) in [6.07, 6.45) is 9.91. The molecule has 1 saturated heterocycles. The second-order valence-corrected chi connectivity index (χ2v) is 10.6. The summed E-state index contributed by atoms with van der Waals surface area (Å²) in [6.45, 7) is 6.13. The Bertz CT molecular complexity index is 1280. The van der Waals surface area contributed by atoms with E-state index < -0.39 is 0 Å². The van der Waals surface area contributed by atoms with E-state index in [1.807, 2.05) is 61.2 Å². The number of aryl methyl sites for hydroxylation is 1. The van der Waals surface area contributed by atoms with Crippen LogP contribution in [0.25, 0.3) is 22.6 Å². The van der Waals surface area contributed by atoms with E-state index in [9.17, 15) is 9.59 Å². The fourth-order valence-electron chi connectivity index (χ4n) is 5.52. The van der Waals surface area contributed by atoms with Gasteiger partial charge in [-0.15, -0.1) is 0 Å². The smallest absolute Gasteiger partial charge is 0.253 e. The third kappa shape index (κ3) is 5.95. The van der Waals surface area contributed by atoms with Gasteiger partial charge in [0, 0.05) is 36.7 Å². The summed E-state index contributed by atoms with van der Waals surface area (Å²) < 4.78 is 5.92. The SMILES string of the molecule is Cc1ccc(-c2nc3cc(C(=O)N4CCC(C(C)C(=O)NCCC5=CCCCC5)CC4)ccc3o2)cc1. The maximum Gasteiger partial charge on any atom is 0.253 e. The zero-order chi connectivity index (χ0) is 25.8. The molecule has 6 heteroatoms. The first-order valence-corrected chi connectivity index (χ1v) is 13.7. The Morgan fingerprint density at radius 2 is 1.89 bits per heavy atom. The molecule has 194 valence electrons. The Morgan fingerprint density at radius 1 is 1.11 bits per heavy atom. The van der Waals surface area contributed by atoms with Crippen LogP contribution in [0.4, 0.5) is 0 Å². The van der Waals surface area contributed by atoms with E-state index in [2.05, 4.69) is 16.4 Å². The fourth-order valence-corrected chi connectivity index (χ4v) is 5.52. The molecule has 0 bridgehead atoms. The number of carbonyl (C=O) groups excluding carboxylic acids is 2. The first-order valence-electron chi connectivity index (χ1n) is 13.7. The Kier molecular flexibility index (Phi) is 7.73. The minimum atomic E-state index is -0.0377. The molecule has 1 unspecified atom stereocenters. The van der Waals surface area contributed by atoms with Crippen molar-refractivity contribution < 1.29 is 14.0 Å². The van der Waals surface area contributed by atoms with Gasteiger partial charge in [0.25, 0.3) is 5.91 Å². The summed E-state index contributed by atoms with van der Waals surface area (Å²) in [6, 6.07) is 13.5. The van der Waals surface area contributed by atoms with Gasteiger partial charge in [-0.2, -0.15) is 0 Å². The van der Waals surface area contributed by atoms with Crippen molar-refractivity contribution in [2.45, 2.75) is 58.8 Å². The highest BCUT2D eigenvalue weighted by Gasteiger charge is 2.30. The van der Waals surface area contributed by atoms with Crippen LogP contribution in [0.1, 0.15) is 67.8 Å². The van der Waals surface area contributed by atoms with Crippen molar-refractivity contribution in [1.29, 1.82) is 0 Å². The average Bonchev–Trinajstić information content (AvgIpc) is 3.37. The Morgan fingerprint density at radius 3 is 2.62 bits per heavy atom. The molecule has 2 amide bonds. The Labute approximate surface area is 219 Å². The highest BCUT2D eigenvalue weighted by molar-refractivity contribution is 5.97. The van der Waals surface area contributed by atoms with Gasteiger partial charge in [0.2, 0.25) is 11.8 Å². The van der Waals surface area contributed by atoms with E-state index in [-0.39, 0.29) is 17.7 Å². The van der Waals surface area contributed by atoms with Crippen molar-refractivity contribution in [2.75, 3.05) is 19.6 Å². The summed E-state index contributed by atoms with van der Waals surface area (Å²) >= 11 is 0. The summed E-state index contributed by atoms with van der Waals surface area (Å²) in [5.41, 5.74) is 5.56. The molecule has 0 saturated carbocycles. The summed E-state index contributed by atoms with van der Waals surface area (Å²) in [7, 11) is 0. The molecular formula is C31H37N3O3. The number of nitrogens with zero attached hydrogens (tertiary/aromatic N) is 2. The van der Waals surface area contributed by atoms with Crippen molar-refractivity contribution in [3.05, 3.63) is 65.2 Å². The average molecular weight is 500 g/mol. The third-order valence-corrected chi connectivity index (χ3v) is 8.01. The number of fused-ring (bicyclic) bond motifs is 1. The number of rotatable bonds is 7. The van der Waals surface area contributed by atoms with Gasteiger partial charge in [-0.1, -0.05) is 36.3 Å². The highest BCUT2D eigenvalue weighted by atomic mass is 16.3.